The van der Waals surface area contributed by atoms with Gasteiger partial charge in [-0.1, -0.05) is 0 Å². The monoisotopic (exact) mass is 274 g/mol. The quantitative estimate of drug-likeness (QED) is 0.617. The van der Waals surface area contributed by atoms with Crippen LogP contribution in [0.2, 0.25) is 0 Å². The number of rotatable bonds is 6. The number of nitrogens with one attached hydrogen (secondary N) is 1. The molecule has 0 spiro atoms. The highest BCUT2D eigenvalue weighted by atomic mass is 32.2. The van der Waals surface area contributed by atoms with E-state index < -0.39 is 14.9 Å². The first-order valence-electron chi connectivity index (χ1n) is 5.18. The summed E-state index contributed by atoms with van der Waals surface area (Å²) in [6.07, 6.45) is 0.991. The lowest BCUT2D eigenvalue weighted by atomic mass is 10.1. The summed E-state index contributed by atoms with van der Waals surface area (Å²) in [4.78, 5) is 10.2. The number of hydrogen-bond donors (Lipinski definition) is 1. The van der Waals surface area contributed by atoms with E-state index in [0.29, 0.717) is 12.4 Å². The Kier molecular flexibility index (Phi) is 4.62. The van der Waals surface area contributed by atoms with Crippen molar-refractivity contribution in [2.45, 2.75) is 13.5 Å². The fraction of sp³-hybridized carbons (Fsp3) is 0.400. The van der Waals surface area contributed by atoms with Crippen molar-refractivity contribution >= 4 is 15.7 Å². The van der Waals surface area contributed by atoms with Gasteiger partial charge in [-0.3, -0.25) is 10.1 Å². The van der Waals surface area contributed by atoms with Crippen LogP contribution in [0.1, 0.15) is 12.5 Å². The van der Waals surface area contributed by atoms with Gasteiger partial charge in [0.1, 0.15) is 5.75 Å². The maximum Gasteiger partial charge on any atom is 0.274 e. The number of nitrogens with zero attached hydrogens (tertiary/aromatic N) is 1. The van der Waals surface area contributed by atoms with Crippen LogP contribution in [0.15, 0.2) is 18.2 Å². The molecule has 0 aliphatic carbocycles. The predicted octanol–water partition coefficient (Wildman–Crippen LogP) is 1.04. The summed E-state index contributed by atoms with van der Waals surface area (Å²) in [5, 5.41) is 10.8. The van der Waals surface area contributed by atoms with E-state index in [2.05, 4.69) is 4.72 Å². The van der Waals surface area contributed by atoms with Crippen LogP contribution < -0.4 is 9.46 Å². The van der Waals surface area contributed by atoms with Gasteiger partial charge in [-0.05, 0) is 19.1 Å². The Morgan fingerprint density at radius 1 is 1.44 bits per heavy atom. The molecule has 7 nitrogen and oxygen atoms in total. The largest absolute Gasteiger partial charge is 0.494 e. The van der Waals surface area contributed by atoms with Gasteiger partial charge in [-0.25, -0.2) is 13.1 Å². The van der Waals surface area contributed by atoms with E-state index in [4.69, 9.17) is 4.74 Å². The van der Waals surface area contributed by atoms with E-state index in [1.807, 2.05) is 0 Å². The topological polar surface area (TPSA) is 98.5 Å². The number of ether oxygens (including phenoxy) is 1. The van der Waals surface area contributed by atoms with Crippen LogP contribution in [0.4, 0.5) is 5.69 Å². The molecule has 100 valence electrons. The van der Waals surface area contributed by atoms with Gasteiger partial charge in [-0.2, -0.15) is 0 Å². The standard InChI is InChI=1S/C10H14N2O5S/c1-3-17-9-4-5-10(12(13)14)8(6-9)7-11-18(2,15)16/h4-6,11H,3,7H2,1-2H3. The molecule has 1 rings (SSSR count). The van der Waals surface area contributed by atoms with Gasteiger partial charge in [-0.15, -0.1) is 0 Å². The first-order chi connectivity index (χ1) is 8.33. The fourth-order valence-corrected chi connectivity index (χ4v) is 1.76. The molecule has 0 saturated heterocycles. The van der Waals surface area contributed by atoms with Gasteiger partial charge in [0, 0.05) is 18.2 Å². The van der Waals surface area contributed by atoms with Gasteiger partial charge in [0.05, 0.1) is 17.8 Å². The Bertz CT molecular complexity index is 541. The Hall–Kier alpha value is -1.67. The second-order valence-electron chi connectivity index (χ2n) is 3.57. The fourth-order valence-electron chi connectivity index (χ4n) is 1.35. The van der Waals surface area contributed by atoms with Crippen LogP contribution in [0.25, 0.3) is 0 Å². The van der Waals surface area contributed by atoms with Gasteiger partial charge < -0.3 is 4.74 Å². The molecule has 0 aliphatic heterocycles. The van der Waals surface area contributed by atoms with Gasteiger partial charge >= 0.3 is 0 Å². The number of benzene rings is 1. The van der Waals surface area contributed by atoms with Crippen LogP contribution in [0.5, 0.6) is 5.75 Å². The molecule has 0 aliphatic rings. The minimum Gasteiger partial charge on any atom is -0.494 e. The molecular weight excluding hydrogens is 260 g/mol. The lowest BCUT2D eigenvalue weighted by Crippen LogP contribution is -2.21. The van der Waals surface area contributed by atoms with E-state index in [1.165, 1.54) is 18.2 Å². The minimum absolute atomic E-state index is 0.143. The van der Waals surface area contributed by atoms with Crippen molar-refractivity contribution in [3.05, 3.63) is 33.9 Å². The van der Waals surface area contributed by atoms with Crippen LogP contribution in [-0.2, 0) is 16.6 Å². The van der Waals surface area contributed by atoms with Crippen molar-refractivity contribution in [2.24, 2.45) is 0 Å². The number of nitro groups is 1. The molecule has 1 aromatic rings. The van der Waals surface area contributed by atoms with Crippen LogP contribution in [0.3, 0.4) is 0 Å². The molecule has 0 unspecified atom stereocenters. The summed E-state index contributed by atoms with van der Waals surface area (Å²) in [7, 11) is -3.40. The van der Waals surface area contributed by atoms with Crippen molar-refractivity contribution in [3.8, 4) is 5.75 Å². The van der Waals surface area contributed by atoms with Crippen molar-refractivity contribution in [1.82, 2.24) is 4.72 Å². The first kappa shape index (κ1) is 14.4. The average molecular weight is 274 g/mol. The highest BCUT2D eigenvalue weighted by molar-refractivity contribution is 7.88. The maximum absolute atomic E-state index is 11.0. The van der Waals surface area contributed by atoms with E-state index in [0.717, 1.165) is 6.26 Å². The van der Waals surface area contributed by atoms with Crippen LogP contribution in [0, 0.1) is 10.1 Å². The summed E-state index contributed by atoms with van der Waals surface area (Å²) in [6.45, 7) is 2.07. The normalized spacial score (nSPS) is 11.2. The third-order valence-electron chi connectivity index (χ3n) is 2.08. The van der Waals surface area contributed by atoms with Crippen LogP contribution >= 0.6 is 0 Å². The van der Waals surface area contributed by atoms with E-state index in [9.17, 15) is 18.5 Å². The molecule has 18 heavy (non-hydrogen) atoms. The summed E-state index contributed by atoms with van der Waals surface area (Å²) >= 11 is 0. The number of hydrogen-bond acceptors (Lipinski definition) is 5. The lowest BCUT2D eigenvalue weighted by Gasteiger charge is -2.07. The van der Waals surface area contributed by atoms with Crippen molar-refractivity contribution < 1.29 is 18.1 Å². The van der Waals surface area contributed by atoms with Crippen molar-refractivity contribution in [2.75, 3.05) is 12.9 Å². The highest BCUT2D eigenvalue weighted by Gasteiger charge is 2.15. The highest BCUT2D eigenvalue weighted by Crippen LogP contribution is 2.24. The lowest BCUT2D eigenvalue weighted by molar-refractivity contribution is -0.385. The Morgan fingerprint density at radius 2 is 2.11 bits per heavy atom. The second kappa shape index (κ2) is 5.78. The number of sulfonamides is 1. The van der Waals surface area contributed by atoms with Crippen molar-refractivity contribution in [1.29, 1.82) is 0 Å². The molecule has 0 aromatic heterocycles. The molecule has 0 bridgehead atoms. The summed E-state index contributed by atoms with van der Waals surface area (Å²) < 4.78 is 29.4. The van der Waals surface area contributed by atoms with Gasteiger partial charge in [0.25, 0.3) is 5.69 Å². The SMILES string of the molecule is CCOc1ccc([N+](=O)[O-])c(CNS(C)(=O)=O)c1. The predicted molar refractivity (Wildman–Crippen MR) is 65.9 cm³/mol. The zero-order valence-electron chi connectivity index (χ0n) is 10.0. The van der Waals surface area contributed by atoms with E-state index in [-0.39, 0.29) is 17.8 Å². The molecule has 1 aromatic carbocycles. The molecular formula is C10H14N2O5S. The van der Waals surface area contributed by atoms with Crippen LogP contribution in [-0.4, -0.2) is 26.2 Å². The third-order valence-corrected chi connectivity index (χ3v) is 2.75. The van der Waals surface area contributed by atoms with Gasteiger partial charge in [0.2, 0.25) is 10.0 Å². The summed E-state index contributed by atoms with van der Waals surface area (Å²) in [5.41, 5.74) is 0.117. The number of nitro benzene ring substituents is 1. The zero-order valence-corrected chi connectivity index (χ0v) is 10.9. The zero-order chi connectivity index (χ0) is 13.8. The molecule has 0 radical (unpaired) electrons. The molecule has 8 heteroatoms. The van der Waals surface area contributed by atoms with Crippen molar-refractivity contribution in [3.63, 3.8) is 0 Å². The molecule has 0 heterocycles. The molecule has 1 N–H and O–H groups in total. The summed E-state index contributed by atoms with van der Waals surface area (Å²) in [6, 6.07) is 4.23. The average Bonchev–Trinajstić information content (AvgIpc) is 2.25. The minimum atomic E-state index is -3.40. The molecule has 0 fully saturated rings. The molecule has 0 saturated carbocycles. The molecule has 0 atom stereocenters. The van der Waals surface area contributed by atoms with E-state index in [1.54, 1.807) is 6.92 Å². The second-order valence-corrected chi connectivity index (χ2v) is 5.41. The van der Waals surface area contributed by atoms with E-state index >= 15 is 0 Å². The Balaban J connectivity index is 3.03. The summed E-state index contributed by atoms with van der Waals surface area (Å²) in [5.74, 6) is 0.466. The molecule has 0 amide bonds. The van der Waals surface area contributed by atoms with Gasteiger partial charge in [0.15, 0.2) is 0 Å². The smallest absolute Gasteiger partial charge is 0.274 e. The Labute approximate surface area is 105 Å². The first-order valence-corrected chi connectivity index (χ1v) is 7.07. The third kappa shape index (κ3) is 4.30. The maximum atomic E-state index is 11.0. The Morgan fingerprint density at radius 3 is 2.61 bits per heavy atom.